The van der Waals surface area contributed by atoms with Crippen molar-refractivity contribution >= 4 is 29.1 Å². The number of anilines is 1. The number of carbonyl (C=O) groups is 2. The average Bonchev–Trinajstić information content (AvgIpc) is 2.80. The van der Waals surface area contributed by atoms with Gasteiger partial charge in [-0.05, 0) is 49.6 Å². The van der Waals surface area contributed by atoms with Crippen LogP contribution in [0.1, 0.15) is 52.9 Å². The number of benzene rings is 3. The first kappa shape index (κ1) is 24.3. The molecule has 0 aromatic heterocycles. The number of carbonyl (C=O) groups excluding carboxylic acids is 2. The molecule has 3 aromatic carbocycles. The molecule has 0 bridgehead atoms. The molecule has 0 radical (unpaired) electrons. The smallest absolute Gasteiger partial charge is 0.258 e. The number of para-hydroxylation sites is 2. The van der Waals surface area contributed by atoms with Crippen molar-refractivity contribution in [2.24, 2.45) is 0 Å². The number of phenolic OH excluding ortho intramolecular Hbond substituents is 1. The van der Waals surface area contributed by atoms with E-state index in [1.807, 2.05) is 39.0 Å². The van der Waals surface area contributed by atoms with Crippen LogP contribution in [0.25, 0.3) is 0 Å². The molecular weight excluding hydrogens is 436 g/mol. The predicted octanol–water partition coefficient (Wildman–Crippen LogP) is 6.28. The molecule has 3 rings (SSSR count). The van der Waals surface area contributed by atoms with E-state index in [1.54, 1.807) is 42.5 Å². The second-order valence-electron chi connectivity index (χ2n) is 8.05. The molecule has 0 heterocycles. The molecule has 0 aliphatic heterocycles. The molecule has 6 heteroatoms. The Labute approximate surface area is 200 Å². The van der Waals surface area contributed by atoms with E-state index in [-0.39, 0.29) is 17.2 Å². The minimum atomic E-state index is -0.976. The highest BCUT2D eigenvalue weighted by atomic mass is 35.5. The molecule has 2 amide bonds. The number of hydrogen-bond donors (Lipinski definition) is 2. The quantitative estimate of drug-likeness (QED) is 0.412. The van der Waals surface area contributed by atoms with E-state index in [9.17, 15) is 14.7 Å². The van der Waals surface area contributed by atoms with Crippen LogP contribution in [0.5, 0.6) is 5.75 Å². The molecule has 5 nitrogen and oxygen atoms in total. The number of phenols is 1. The van der Waals surface area contributed by atoms with Gasteiger partial charge in [0.25, 0.3) is 11.8 Å². The Morgan fingerprint density at radius 1 is 0.970 bits per heavy atom. The van der Waals surface area contributed by atoms with Gasteiger partial charge < -0.3 is 15.3 Å². The summed E-state index contributed by atoms with van der Waals surface area (Å²) in [5, 5.41) is 13.8. The fourth-order valence-electron chi connectivity index (χ4n) is 3.84. The van der Waals surface area contributed by atoms with Crippen LogP contribution in [0, 0.1) is 13.8 Å². The molecular formula is C27H29ClN2O3. The predicted molar refractivity (Wildman–Crippen MR) is 133 cm³/mol. The molecule has 0 fully saturated rings. The Hall–Kier alpha value is -3.31. The van der Waals surface area contributed by atoms with E-state index in [0.717, 1.165) is 17.5 Å². The third kappa shape index (κ3) is 5.55. The van der Waals surface area contributed by atoms with Crippen molar-refractivity contribution in [2.45, 2.75) is 39.7 Å². The van der Waals surface area contributed by atoms with Crippen LogP contribution in [0.2, 0.25) is 5.02 Å². The highest BCUT2D eigenvalue weighted by molar-refractivity contribution is 6.31. The number of rotatable bonds is 8. The molecule has 2 N–H and O–H groups in total. The molecule has 0 aliphatic carbocycles. The van der Waals surface area contributed by atoms with Gasteiger partial charge in [-0.1, -0.05) is 73.5 Å². The zero-order valence-electron chi connectivity index (χ0n) is 19.1. The lowest BCUT2D eigenvalue weighted by molar-refractivity contribution is -0.120. The summed E-state index contributed by atoms with van der Waals surface area (Å²) < 4.78 is 0. The fourth-order valence-corrected chi connectivity index (χ4v) is 4.08. The van der Waals surface area contributed by atoms with Crippen LogP contribution in [-0.2, 0) is 4.79 Å². The summed E-state index contributed by atoms with van der Waals surface area (Å²) in [5.41, 5.74) is 3.24. The lowest BCUT2D eigenvalue weighted by Gasteiger charge is -2.32. The van der Waals surface area contributed by atoms with Gasteiger partial charge in [0.05, 0.1) is 5.56 Å². The SMILES string of the molecule is CCCCN(C(=O)c1ccccc1O)[C@@H](C(=O)Nc1c(C)cccc1C)c1ccccc1Cl. The number of aryl methyl sites for hydroxylation is 2. The molecule has 172 valence electrons. The molecule has 1 atom stereocenters. The molecule has 33 heavy (non-hydrogen) atoms. The Morgan fingerprint density at radius 2 is 1.61 bits per heavy atom. The number of amides is 2. The minimum Gasteiger partial charge on any atom is -0.507 e. The van der Waals surface area contributed by atoms with Crippen LogP contribution in [0.4, 0.5) is 5.69 Å². The summed E-state index contributed by atoms with van der Waals surface area (Å²) in [6.07, 6.45) is 1.52. The molecule has 3 aromatic rings. The van der Waals surface area contributed by atoms with Crippen molar-refractivity contribution in [3.05, 3.63) is 94.0 Å². The van der Waals surface area contributed by atoms with Crippen LogP contribution < -0.4 is 5.32 Å². The lowest BCUT2D eigenvalue weighted by atomic mass is 10.0. The van der Waals surface area contributed by atoms with E-state index in [1.165, 1.54) is 11.0 Å². The normalized spacial score (nSPS) is 11.6. The van der Waals surface area contributed by atoms with Crippen molar-refractivity contribution in [1.82, 2.24) is 4.90 Å². The van der Waals surface area contributed by atoms with Gasteiger partial charge in [-0.25, -0.2) is 0 Å². The van der Waals surface area contributed by atoms with Crippen molar-refractivity contribution in [1.29, 1.82) is 0 Å². The van der Waals surface area contributed by atoms with Gasteiger partial charge >= 0.3 is 0 Å². The van der Waals surface area contributed by atoms with Gasteiger partial charge in [-0.2, -0.15) is 0 Å². The number of halogens is 1. The van der Waals surface area contributed by atoms with Gasteiger partial charge in [0.2, 0.25) is 0 Å². The first-order valence-electron chi connectivity index (χ1n) is 11.1. The maximum Gasteiger partial charge on any atom is 0.258 e. The van der Waals surface area contributed by atoms with Crippen molar-refractivity contribution in [3.63, 3.8) is 0 Å². The van der Waals surface area contributed by atoms with Crippen LogP contribution in [0.3, 0.4) is 0 Å². The van der Waals surface area contributed by atoms with Gasteiger partial charge in [-0.3, -0.25) is 9.59 Å². The zero-order chi connectivity index (χ0) is 24.0. The topological polar surface area (TPSA) is 69.6 Å². The number of hydrogen-bond acceptors (Lipinski definition) is 3. The van der Waals surface area contributed by atoms with Crippen LogP contribution in [0.15, 0.2) is 66.7 Å². The maximum atomic E-state index is 13.8. The van der Waals surface area contributed by atoms with Gasteiger partial charge in [-0.15, -0.1) is 0 Å². The Bertz CT molecular complexity index is 1130. The highest BCUT2D eigenvalue weighted by Gasteiger charge is 2.34. The third-order valence-electron chi connectivity index (χ3n) is 5.64. The van der Waals surface area contributed by atoms with Crippen LogP contribution in [-0.4, -0.2) is 28.4 Å². The summed E-state index contributed by atoms with van der Waals surface area (Å²) in [5.74, 6) is -0.916. The maximum absolute atomic E-state index is 13.8. The minimum absolute atomic E-state index is 0.128. The van der Waals surface area contributed by atoms with Gasteiger partial charge in [0, 0.05) is 22.8 Å². The zero-order valence-corrected chi connectivity index (χ0v) is 19.9. The monoisotopic (exact) mass is 464 g/mol. The van der Waals surface area contributed by atoms with E-state index < -0.39 is 11.9 Å². The average molecular weight is 465 g/mol. The first-order valence-corrected chi connectivity index (χ1v) is 11.4. The third-order valence-corrected chi connectivity index (χ3v) is 5.98. The summed E-state index contributed by atoms with van der Waals surface area (Å²) in [7, 11) is 0. The number of aromatic hydroxyl groups is 1. The van der Waals surface area contributed by atoms with E-state index in [4.69, 9.17) is 11.6 Å². The first-order chi connectivity index (χ1) is 15.8. The number of unbranched alkanes of at least 4 members (excludes halogenated alkanes) is 1. The van der Waals surface area contributed by atoms with Crippen LogP contribution >= 0.6 is 11.6 Å². The lowest BCUT2D eigenvalue weighted by Crippen LogP contribution is -2.42. The van der Waals surface area contributed by atoms with Crippen molar-refractivity contribution in [3.8, 4) is 5.75 Å². The summed E-state index contributed by atoms with van der Waals surface area (Å²) in [6, 6.07) is 18.2. The summed E-state index contributed by atoms with van der Waals surface area (Å²) in [6.45, 7) is 6.20. The van der Waals surface area contributed by atoms with Gasteiger partial charge in [0.15, 0.2) is 0 Å². The van der Waals surface area contributed by atoms with E-state index in [0.29, 0.717) is 29.2 Å². The number of nitrogens with one attached hydrogen (secondary N) is 1. The largest absolute Gasteiger partial charge is 0.507 e. The summed E-state index contributed by atoms with van der Waals surface area (Å²) >= 11 is 6.52. The highest BCUT2D eigenvalue weighted by Crippen LogP contribution is 2.32. The number of nitrogens with zero attached hydrogens (tertiary/aromatic N) is 1. The molecule has 0 spiro atoms. The van der Waals surface area contributed by atoms with Crippen molar-refractivity contribution < 1.29 is 14.7 Å². The molecule has 0 unspecified atom stereocenters. The summed E-state index contributed by atoms with van der Waals surface area (Å²) in [4.78, 5) is 28.9. The molecule has 0 saturated carbocycles. The van der Waals surface area contributed by atoms with E-state index in [2.05, 4.69) is 5.32 Å². The van der Waals surface area contributed by atoms with Crippen molar-refractivity contribution in [2.75, 3.05) is 11.9 Å². The van der Waals surface area contributed by atoms with E-state index >= 15 is 0 Å². The standard InChI is InChI=1S/C27H29ClN2O3/c1-4-5-17-30(27(33)21-14-7-9-16-23(21)31)25(20-13-6-8-15-22(20)28)26(32)29-24-18(2)11-10-12-19(24)3/h6-16,25,31H,4-5,17H2,1-3H3,(H,29,32)/t25-/m1/s1. The Morgan fingerprint density at radius 3 is 2.24 bits per heavy atom. The fraction of sp³-hybridized carbons (Fsp3) is 0.259. The second kappa shape index (κ2) is 11.0. The second-order valence-corrected chi connectivity index (χ2v) is 8.46. The molecule has 0 saturated heterocycles. The molecule has 0 aliphatic rings. The van der Waals surface area contributed by atoms with Gasteiger partial charge in [0.1, 0.15) is 11.8 Å². The Kier molecular flexibility index (Phi) is 8.12. The Balaban J connectivity index is 2.11.